The predicted molar refractivity (Wildman–Crippen MR) is 82.6 cm³/mol. The van der Waals surface area contributed by atoms with Crippen LogP contribution in [0.4, 0.5) is 0 Å². The number of carbonyl (C=O) groups is 2. The number of hydrogen-bond donors (Lipinski definition) is 2. The second kappa shape index (κ2) is 7.79. The molecule has 1 radical (unpaired) electrons. The average Bonchev–Trinajstić information content (AvgIpc) is 2.54. The normalized spacial score (nSPS) is 13.3. The van der Waals surface area contributed by atoms with Crippen LogP contribution in [0.25, 0.3) is 0 Å². The molecular weight excluding hydrogens is 416 g/mol. The fourth-order valence-electron chi connectivity index (χ4n) is 1.67. The van der Waals surface area contributed by atoms with Crippen molar-refractivity contribution in [2.24, 2.45) is 0 Å². The first kappa shape index (κ1) is 21.5. The third-order valence-electron chi connectivity index (χ3n) is 2.88. The summed E-state index contributed by atoms with van der Waals surface area (Å²) in [6.07, 6.45) is -0.455. The van der Waals surface area contributed by atoms with Crippen molar-refractivity contribution in [3.8, 4) is 0 Å². The Hall–Kier alpha value is -2.52. The van der Waals surface area contributed by atoms with Crippen molar-refractivity contribution in [1.29, 1.82) is 0 Å². The highest BCUT2D eigenvalue weighted by Crippen LogP contribution is 2.27. The molecule has 0 aliphatic heterocycles. The quantitative estimate of drug-likeness (QED) is 0.386. The monoisotopic (exact) mass is 427 g/mol. The second-order valence-electron chi connectivity index (χ2n) is 4.40. The Labute approximate surface area is 148 Å². The smallest absolute Gasteiger partial charge is 0.418 e. The van der Waals surface area contributed by atoms with Crippen molar-refractivity contribution in [2.75, 3.05) is 0 Å². The van der Waals surface area contributed by atoms with Gasteiger partial charge in [0.05, 0.1) is 9.79 Å². The van der Waals surface area contributed by atoms with Gasteiger partial charge in [-0.2, -0.15) is 0 Å². The lowest BCUT2D eigenvalue weighted by Gasteiger charge is -2.15. The van der Waals surface area contributed by atoms with Gasteiger partial charge in [0, 0.05) is 0 Å². The molecule has 1 aromatic carbocycles. The SMILES string of the molecule is CC(O[C]=O)S(=O)(=O)c1ccc(S(=O)(=O)NC=O)cc1S(=O)(=O)NC=O. The molecule has 0 heterocycles. The van der Waals surface area contributed by atoms with Crippen LogP contribution >= 0.6 is 0 Å². The topological polar surface area (TPSA) is 187 Å². The van der Waals surface area contributed by atoms with Crippen molar-refractivity contribution in [2.45, 2.75) is 27.0 Å². The van der Waals surface area contributed by atoms with Gasteiger partial charge in [-0.05, 0) is 25.1 Å². The Morgan fingerprint density at radius 1 is 0.962 bits per heavy atom. The van der Waals surface area contributed by atoms with Crippen molar-refractivity contribution < 1.29 is 44.4 Å². The molecule has 15 heteroatoms. The lowest BCUT2D eigenvalue weighted by atomic mass is 10.4. The highest BCUT2D eigenvalue weighted by atomic mass is 32.2. The molecule has 1 atom stereocenters. The summed E-state index contributed by atoms with van der Waals surface area (Å²) >= 11 is 0. The first-order chi connectivity index (χ1) is 11.9. The van der Waals surface area contributed by atoms with Gasteiger partial charge in [0.15, 0.2) is 0 Å². The van der Waals surface area contributed by atoms with Gasteiger partial charge >= 0.3 is 6.47 Å². The van der Waals surface area contributed by atoms with Crippen LogP contribution in [0, 0.1) is 0 Å². The molecule has 0 aliphatic rings. The van der Waals surface area contributed by atoms with Crippen molar-refractivity contribution in [3.05, 3.63) is 18.2 Å². The Morgan fingerprint density at radius 2 is 1.50 bits per heavy atom. The molecule has 0 aromatic heterocycles. The zero-order valence-corrected chi connectivity index (χ0v) is 15.2. The van der Waals surface area contributed by atoms with E-state index >= 15 is 0 Å². The Kier molecular flexibility index (Phi) is 6.45. The standard InChI is InChI=1S/C11H11N2O10S3/c1-8(23-7-16)24(17,18)10-3-2-9(25(19,20)12-5-14)4-11(10)26(21,22)13-6-15/h2-6,8H,1H3,(H,12,14)(H,13,15). The molecule has 2 amide bonds. The first-order valence-electron chi connectivity index (χ1n) is 6.26. The van der Waals surface area contributed by atoms with Crippen molar-refractivity contribution >= 4 is 49.2 Å². The first-order valence-corrected chi connectivity index (χ1v) is 10.8. The molecule has 0 saturated carbocycles. The van der Waals surface area contributed by atoms with E-state index in [0.29, 0.717) is 18.2 Å². The lowest BCUT2D eigenvalue weighted by molar-refractivity contribution is -0.108. The zero-order chi connectivity index (χ0) is 20.2. The van der Waals surface area contributed by atoms with Crippen LogP contribution in [0.1, 0.15) is 6.92 Å². The summed E-state index contributed by atoms with van der Waals surface area (Å²) in [5, 5.41) is 0. The predicted octanol–water partition coefficient (Wildman–Crippen LogP) is -2.24. The molecular formula is C11H11N2O10S3. The van der Waals surface area contributed by atoms with E-state index in [-0.39, 0.29) is 12.8 Å². The maximum absolute atomic E-state index is 12.4. The summed E-state index contributed by atoms with van der Waals surface area (Å²) in [7, 11) is -13.9. The van der Waals surface area contributed by atoms with Gasteiger partial charge in [0.2, 0.25) is 28.1 Å². The summed E-state index contributed by atoms with van der Waals surface area (Å²) in [4.78, 5) is 28.2. The molecule has 0 bridgehead atoms. The number of rotatable bonds is 10. The number of hydrogen-bond acceptors (Lipinski definition) is 10. The van der Waals surface area contributed by atoms with Gasteiger partial charge in [-0.3, -0.25) is 19.0 Å². The molecule has 0 fully saturated rings. The Balaban J connectivity index is 3.81. The molecule has 1 rings (SSSR count). The fourth-order valence-corrected chi connectivity index (χ4v) is 5.19. The van der Waals surface area contributed by atoms with E-state index in [1.165, 1.54) is 9.44 Å². The number of sulfonamides is 2. The molecule has 1 aromatic rings. The van der Waals surface area contributed by atoms with Gasteiger partial charge in [-0.25, -0.2) is 30.0 Å². The van der Waals surface area contributed by atoms with Crippen molar-refractivity contribution in [1.82, 2.24) is 9.44 Å². The minimum Gasteiger partial charge on any atom is -0.437 e. The van der Waals surface area contributed by atoms with Crippen LogP contribution in [-0.4, -0.2) is 50.0 Å². The number of sulfone groups is 1. The number of benzene rings is 1. The van der Waals surface area contributed by atoms with E-state index in [1.807, 2.05) is 0 Å². The van der Waals surface area contributed by atoms with E-state index in [2.05, 4.69) is 4.74 Å². The van der Waals surface area contributed by atoms with Gasteiger partial charge in [-0.15, -0.1) is 0 Å². The van der Waals surface area contributed by atoms with E-state index in [9.17, 15) is 39.6 Å². The highest BCUT2D eigenvalue weighted by Gasteiger charge is 2.33. The summed E-state index contributed by atoms with van der Waals surface area (Å²) in [5.41, 5.74) is -1.86. The maximum atomic E-state index is 12.4. The maximum Gasteiger partial charge on any atom is 0.418 e. The van der Waals surface area contributed by atoms with Gasteiger partial charge in [0.1, 0.15) is 4.90 Å². The van der Waals surface area contributed by atoms with Crippen LogP contribution in [0.2, 0.25) is 0 Å². The number of nitrogens with one attached hydrogen (secondary N) is 2. The summed E-state index contributed by atoms with van der Waals surface area (Å²) in [6, 6.07) is 1.73. The summed E-state index contributed by atoms with van der Waals surface area (Å²) in [5.74, 6) is 0. The van der Waals surface area contributed by atoms with Gasteiger partial charge in [0.25, 0.3) is 20.0 Å². The highest BCUT2D eigenvalue weighted by molar-refractivity contribution is 7.94. The van der Waals surface area contributed by atoms with Crippen molar-refractivity contribution in [3.63, 3.8) is 0 Å². The summed E-state index contributed by atoms with van der Waals surface area (Å²) in [6.45, 7) is 1.79. The molecule has 1 unspecified atom stereocenters. The largest absolute Gasteiger partial charge is 0.437 e. The van der Waals surface area contributed by atoms with E-state index in [0.717, 1.165) is 13.4 Å². The Bertz CT molecular complexity index is 1030. The minimum absolute atomic E-state index is 0.187. The average molecular weight is 427 g/mol. The minimum atomic E-state index is -4.80. The fraction of sp³-hybridized carbons (Fsp3) is 0.182. The third kappa shape index (κ3) is 4.36. The molecule has 26 heavy (non-hydrogen) atoms. The number of carbonyl (C=O) groups excluding carboxylic acids is 3. The number of ether oxygens (including phenoxy) is 1. The molecule has 0 aliphatic carbocycles. The molecule has 12 nitrogen and oxygen atoms in total. The van der Waals surface area contributed by atoms with E-state index in [1.54, 1.807) is 0 Å². The van der Waals surface area contributed by atoms with Crippen LogP contribution in [0.5, 0.6) is 0 Å². The number of amides is 2. The van der Waals surface area contributed by atoms with Crippen LogP contribution < -0.4 is 9.44 Å². The molecule has 2 N–H and O–H groups in total. The second-order valence-corrected chi connectivity index (χ2v) is 9.99. The van der Waals surface area contributed by atoms with Crippen LogP contribution in [0.3, 0.4) is 0 Å². The van der Waals surface area contributed by atoms with Crippen LogP contribution in [0.15, 0.2) is 32.9 Å². The Morgan fingerprint density at radius 3 is 2.00 bits per heavy atom. The molecule has 143 valence electrons. The molecule has 0 spiro atoms. The van der Waals surface area contributed by atoms with Gasteiger partial charge in [-0.1, -0.05) is 0 Å². The lowest BCUT2D eigenvalue weighted by Crippen LogP contribution is -2.28. The van der Waals surface area contributed by atoms with Crippen LogP contribution in [-0.2, 0) is 49.0 Å². The zero-order valence-electron chi connectivity index (χ0n) is 12.8. The summed E-state index contributed by atoms with van der Waals surface area (Å²) < 4.78 is 79.6. The van der Waals surface area contributed by atoms with E-state index in [4.69, 9.17) is 0 Å². The molecule has 0 saturated heterocycles. The van der Waals surface area contributed by atoms with E-state index < -0.39 is 50.0 Å². The van der Waals surface area contributed by atoms with Gasteiger partial charge < -0.3 is 4.74 Å². The third-order valence-corrected chi connectivity index (χ3v) is 7.55.